The van der Waals surface area contributed by atoms with E-state index in [0.717, 1.165) is 10.9 Å². The van der Waals surface area contributed by atoms with Gasteiger partial charge in [-0.25, -0.2) is 0 Å². The predicted molar refractivity (Wildman–Crippen MR) is 78.2 cm³/mol. The van der Waals surface area contributed by atoms with Gasteiger partial charge in [-0.1, -0.05) is 24.3 Å². The Morgan fingerprint density at radius 2 is 2.18 bits per heavy atom. The Morgan fingerprint density at radius 1 is 1.41 bits per heavy atom. The maximum absolute atomic E-state index is 6.63. The van der Waals surface area contributed by atoms with Crippen molar-refractivity contribution in [1.82, 2.24) is 0 Å². The van der Waals surface area contributed by atoms with E-state index >= 15 is 0 Å². The standard InChI is InChI=1S/C14H12BrClS/c1-8-6-12(15)14(17-8)13(16)11-7-9-4-2-3-5-10(9)11/h2-6,11,13H,7H2,1H3. The number of halogens is 2. The number of hydrogen-bond acceptors (Lipinski definition) is 1. The summed E-state index contributed by atoms with van der Waals surface area (Å²) in [5.41, 5.74) is 2.87. The highest BCUT2D eigenvalue weighted by Gasteiger charge is 2.34. The molecule has 17 heavy (non-hydrogen) atoms. The minimum absolute atomic E-state index is 0.0953. The van der Waals surface area contributed by atoms with Crippen LogP contribution in [0.2, 0.25) is 0 Å². The second kappa shape index (κ2) is 4.42. The molecule has 3 heteroatoms. The van der Waals surface area contributed by atoms with Gasteiger partial charge in [-0.05, 0) is 46.5 Å². The molecule has 0 saturated heterocycles. The van der Waals surface area contributed by atoms with Crippen molar-refractivity contribution in [2.45, 2.75) is 24.6 Å². The molecular weight excluding hydrogens is 316 g/mol. The Bertz CT molecular complexity index is 561. The topological polar surface area (TPSA) is 0 Å². The quantitative estimate of drug-likeness (QED) is 0.644. The number of aryl methyl sites for hydroxylation is 1. The third kappa shape index (κ3) is 1.96. The van der Waals surface area contributed by atoms with E-state index in [-0.39, 0.29) is 5.38 Å². The fourth-order valence-corrected chi connectivity index (χ4v) is 4.98. The molecule has 0 fully saturated rings. The SMILES string of the molecule is Cc1cc(Br)c(C(Cl)C2Cc3ccccc32)s1. The van der Waals surface area contributed by atoms with Crippen LogP contribution in [0.3, 0.4) is 0 Å². The molecule has 1 heterocycles. The highest BCUT2D eigenvalue weighted by atomic mass is 79.9. The van der Waals surface area contributed by atoms with Gasteiger partial charge in [0.2, 0.25) is 0 Å². The van der Waals surface area contributed by atoms with Crippen molar-refractivity contribution in [2.75, 3.05) is 0 Å². The number of rotatable bonds is 2. The van der Waals surface area contributed by atoms with Gasteiger partial charge in [-0.15, -0.1) is 22.9 Å². The monoisotopic (exact) mass is 326 g/mol. The molecule has 0 radical (unpaired) electrons. The van der Waals surface area contributed by atoms with Gasteiger partial charge in [-0.2, -0.15) is 0 Å². The first-order valence-electron chi connectivity index (χ1n) is 5.64. The second-order valence-corrected chi connectivity index (χ2v) is 7.09. The Balaban J connectivity index is 1.91. The number of hydrogen-bond donors (Lipinski definition) is 0. The van der Waals surface area contributed by atoms with Crippen molar-refractivity contribution in [3.63, 3.8) is 0 Å². The van der Waals surface area contributed by atoms with E-state index in [1.807, 2.05) is 0 Å². The Labute approximate surface area is 119 Å². The molecule has 2 atom stereocenters. The van der Waals surface area contributed by atoms with Gasteiger partial charge in [0.15, 0.2) is 0 Å². The lowest BCUT2D eigenvalue weighted by molar-refractivity contribution is 0.591. The van der Waals surface area contributed by atoms with Crippen molar-refractivity contribution < 1.29 is 0 Å². The smallest absolute Gasteiger partial charge is 0.0761 e. The molecule has 2 aromatic rings. The highest BCUT2D eigenvalue weighted by Crippen LogP contribution is 2.50. The van der Waals surface area contributed by atoms with Crippen LogP contribution in [-0.4, -0.2) is 0 Å². The minimum Gasteiger partial charge on any atom is -0.143 e. The Morgan fingerprint density at radius 3 is 2.82 bits per heavy atom. The third-order valence-electron chi connectivity index (χ3n) is 3.33. The molecule has 88 valence electrons. The average Bonchev–Trinajstić information content (AvgIpc) is 2.59. The van der Waals surface area contributed by atoms with E-state index in [1.54, 1.807) is 11.3 Å². The zero-order chi connectivity index (χ0) is 12.0. The first-order chi connectivity index (χ1) is 8.16. The molecule has 1 aromatic heterocycles. The first-order valence-corrected chi connectivity index (χ1v) is 7.69. The van der Waals surface area contributed by atoms with Crippen molar-refractivity contribution in [2.24, 2.45) is 0 Å². The van der Waals surface area contributed by atoms with Crippen LogP contribution in [0.15, 0.2) is 34.8 Å². The molecule has 0 amide bonds. The zero-order valence-electron chi connectivity index (χ0n) is 9.41. The first kappa shape index (κ1) is 11.8. The van der Waals surface area contributed by atoms with Crippen LogP contribution in [0, 0.1) is 6.92 Å². The summed E-state index contributed by atoms with van der Waals surface area (Å²) in [5.74, 6) is 0.474. The molecule has 2 unspecified atom stereocenters. The number of benzene rings is 1. The molecule has 0 aliphatic heterocycles. The number of thiophene rings is 1. The van der Waals surface area contributed by atoms with Crippen molar-refractivity contribution in [1.29, 1.82) is 0 Å². The molecule has 3 rings (SSSR count). The van der Waals surface area contributed by atoms with E-state index in [9.17, 15) is 0 Å². The molecule has 0 nitrogen and oxygen atoms in total. The lowest BCUT2D eigenvalue weighted by Gasteiger charge is -2.33. The molecular formula is C14H12BrClS. The minimum atomic E-state index is 0.0953. The summed E-state index contributed by atoms with van der Waals surface area (Å²) in [5, 5.41) is 0.0953. The van der Waals surface area contributed by atoms with Gasteiger partial charge in [0.05, 0.1) is 5.38 Å². The van der Waals surface area contributed by atoms with Gasteiger partial charge in [0, 0.05) is 20.1 Å². The zero-order valence-corrected chi connectivity index (χ0v) is 12.6. The summed E-state index contributed by atoms with van der Waals surface area (Å²) in [4.78, 5) is 2.58. The number of alkyl halides is 1. The van der Waals surface area contributed by atoms with Crippen LogP contribution < -0.4 is 0 Å². The number of fused-ring (bicyclic) bond motifs is 1. The molecule has 0 saturated carbocycles. The molecule has 1 aliphatic carbocycles. The molecule has 1 aromatic carbocycles. The van der Waals surface area contributed by atoms with Crippen LogP contribution in [0.25, 0.3) is 0 Å². The molecule has 0 bridgehead atoms. The second-order valence-electron chi connectivity index (χ2n) is 4.48. The van der Waals surface area contributed by atoms with E-state index in [4.69, 9.17) is 11.6 Å². The lowest BCUT2D eigenvalue weighted by atomic mass is 9.75. The summed E-state index contributed by atoms with van der Waals surface area (Å²) in [7, 11) is 0. The van der Waals surface area contributed by atoms with Gasteiger partial charge in [-0.3, -0.25) is 0 Å². The maximum Gasteiger partial charge on any atom is 0.0761 e. The third-order valence-corrected chi connectivity index (χ3v) is 6.04. The van der Waals surface area contributed by atoms with E-state index in [1.165, 1.54) is 20.9 Å². The van der Waals surface area contributed by atoms with Crippen LogP contribution in [0.4, 0.5) is 0 Å². The van der Waals surface area contributed by atoms with Crippen molar-refractivity contribution >= 4 is 38.9 Å². The lowest BCUT2D eigenvalue weighted by Crippen LogP contribution is -2.20. The summed E-state index contributed by atoms with van der Waals surface area (Å²) in [6, 6.07) is 10.8. The summed E-state index contributed by atoms with van der Waals surface area (Å²) in [6.07, 6.45) is 1.10. The van der Waals surface area contributed by atoms with Crippen molar-refractivity contribution in [3.05, 3.63) is 55.7 Å². The fraction of sp³-hybridized carbons (Fsp3) is 0.286. The Kier molecular flexibility index (Phi) is 3.06. The summed E-state index contributed by atoms with van der Waals surface area (Å²) in [6.45, 7) is 2.12. The predicted octanol–water partition coefficient (Wildman–Crippen LogP) is 5.44. The van der Waals surface area contributed by atoms with Gasteiger partial charge < -0.3 is 0 Å². The largest absolute Gasteiger partial charge is 0.143 e. The van der Waals surface area contributed by atoms with Gasteiger partial charge in [0.25, 0.3) is 0 Å². The van der Waals surface area contributed by atoms with Gasteiger partial charge in [0.1, 0.15) is 0 Å². The van der Waals surface area contributed by atoms with Gasteiger partial charge >= 0.3 is 0 Å². The van der Waals surface area contributed by atoms with E-state index in [2.05, 4.69) is 53.2 Å². The summed E-state index contributed by atoms with van der Waals surface area (Å²) < 4.78 is 1.16. The highest BCUT2D eigenvalue weighted by molar-refractivity contribution is 9.10. The van der Waals surface area contributed by atoms with E-state index < -0.39 is 0 Å². The normalized spacial score (nSPS) is 19.6. The fourth-order valence-electron chi connectivity index (χ4n) is 2.43. The molecule has 0 N–H and O–H groups in total. The molecule has 1 aliphatic rings. The Hall–Kier alpha value is -0.310. The van der Waals surface area contributed by atoms with E-state index in [0.29, 0.717) is 5.92 Å². The maximum atomic E-state index is 6.63. The summed E-state index contributed by atoms with van der Waals surface area (Å²) >= 11 is 12.0. The van der Waals surface area contributed by atoms with Crippen LogP contribution >= 0.6 is 38.9 Å². The van der Waals surface area contributed by atoms with Crippen LogP contribution in [-0.2, 0) is 6.42 Å². The molecule has 0 spiro atoms. The van der Waals surface area contributed by atoms with Crippen LogP contribution in [0.1, 0.15) is 32.2 Å². The average molecular weight is 328 g/mol. The van der Waals surface area contributed by atoms with Crippen molar-refractivity contribution in [3.8, 4) is 0 Å². The van der Waals surface area contributed by atoms with Crippen LogP contribution in [0.5, 0.6) is 0 Å².